The summed E-state index contributed by atoms with van der Waals surface area (Å²) in [6, 6.07) is 8.82. The van der Waals surface area contributed by atoms with E-state index in [1.54, 1.807) is 6.92 Å². The second-order valence-electron chi connectivity index (χ2n) is 10.6. The summed E-state index contributed by atoms with van der Waals surface area (Å²) in [5.41, 5.74) is 9.20. The van der Waals surface area contributed by atoms with Crippen molar-refractivity contribution in [1.29, 1.82) is 0 Å². The van der Waals surface area contributed by atoms with Gasteiger partial charge in [0.05, 0.1) is 5.71 Å². The second-order valence-corrected chi connectivity index (χ2v) is 10.6. The number of carbonyl (C=O) groups is 1. The van der Waals surface area contributed by atoms with E-state index in [-0.39, 0.29) is 5.91 Å². The van der Waals surface area contributed by atoms with Crippen molar-refractivity contribution in [2.24, 2.45) is 10.9 Å². The Morgan fingerprint density at radius 3 is 2.40 bits per heavy atom. The number of aromatic nitrogens is 2. The van der Waals surface area contributed by atoms with E-state index in [9.17, 15) is 4.79 Å². The summed E-state index contributed by atoms with van der Waals surface area (Å²) in [6.45, 7) is 10.6. The predicted octanol–water partition coefficient (Wildman–Crippen LogP) is 3.79. The van der Waals surface area contributed by atoms with Crippen LogP contribution >= 0.6 is 0 Å². The lowest BCUT2D eigenvalue weighted by Gasteiger charge is -2.38. The van der Waals surface area contributed by atoms with E-state index >= 15 is 0 Å². The van der Waals surface area contributed by atoms with Gasteiger partial charge >= 0.3 is 0 Å². The summed E-state index contributed by atoms with van der Waals surface area (Å²) in [5.74, 6) is 2.33. The number of aliphatic imine (C=N–C) groups is 1. The first-order chi connectivity index (χ1) is 16.8. The molecule has 2 aliphatic heterocycles. The molecule has 2 N–H and O–H groups in total. The standard InChI is InChI=1S/C27H36N6O2/c1-18(34)33-14-12-32(13-15-33)16-19-4-6-20(7-5-19)21-8-10-22(11-9-21)24-27(2,3)35-26-23(31-24)25(28)29-17-30-26/h8-11,17,19-20H,4-7,12-16H2,1-3H3,(H2,28,29,30)/t19-,20-. The molecular formula is C27H36N6O2. The van der Waals surface area contributed by atoms with Crippen LogP contribution < -0.4 is 10.5 Å². The van der Waals surface area contributed by atoms with E-state index in [0.29, 0.717) is 23.3 Å². The third-order valence-electron chi connectivity index (χ3n) is 7.80. The summed E-state index contributed by atoms with van der Waals surface area (Å²) in [7, 11) is 0. The highest BCUT2D eigenvalue weighted by Gasteiger charge is 2.35. The highest BCUT2D eigenvalue weighted by Crippen LogP contribution is 2.40. The van der Waals surface area contributed by atoms with Gasteiger partial charge in [0.2, 0.25) is 11.8 Å². The predicted molar refractivity (Wildman–Crippen MR) is 137 cm³/mol. The molecule has 2 fully saturated rings. The average Bonchev–Trinajstić information content (AvgIpc) is 2.84. The van der Waals surface area contributed by atoms with Crippen molar-refractivity contribution in [3.05, 3.63) is 41.7 Å². The highest BCUT2D eigenvalue weighted by atomic mass is 16.5. The second kappa shape index (κ2) is 9.57. The molecule has 0 unspecified atom stereocenters. The molecule has 186 valence electrons. The molecule has 3 aliphatic rings. The number of ether oxygens (including phenoxy) is 1. The third kappa shape index (κ3) is 5.03. The van der Waals surface area contributed by atoms with Crippen molar-refractivity contribution in [1.82, 2.24) is 19.8 Å². The van der Waals surface area contributed by atoms with Crippen molar-refractivity contribution in [2.45, 2.75) is 58.0 Å². The van der Waals surface area contributed by atoms with Crippen LogP contribution in [0.5, 0.6) is 5.88 Å². The molecule has 8 nitrogen and oxygen atoms in total. The van der Waals surface area contributed by atoms with Gasteiger partial charge in [-0.2, -0.15) is 4.98 Å². The van der Waals surface area contributed by atoms with Gasteiger partial charge in [-0.1, -0.05) is 24.3 Å². The van der Waals surface area contributed by atoms with E-state index in [4.69, 9.17) is 15.5 Å². The molecule has 8 heteroatoms. The number of hydrogen-bond donors (Lipinski definition) is 1. The van der Waals surface area contributed by atoms with Gasteiger partial charge in [0.25, 0.3) is 0 Å². The van der Waals surface area contributed by atoms with E-state index < -0.39 is 5.60 Å². The zero-order valence-electron chi connectivity index (χ0n) is 21.0. The Labute approximate surface area is 207 Å². The third-order valence-corrected chi connectivity index (χ3v) is 7.80. The van der Waals surface area contributed by atoms with Crippen molar-refractivity contribution in [2.75, 3.05) is 38.5 Å². The van der Waals surface area contributed by atoms with Crippen LogP contribution in [-0.4, -0.2) is 69.7 Å². The number of nitrogens with two attached hydrogens (primary N) is 1. The molecule has 0 bridgehead atoms. The number of piperazine rings is 1. The average molecular weight is 477 g/mol. The van der Waals surface area contributed by atoms with Gasteiger partial charge in [0.15, 0.2) is 11.5 Å². The van der Waals surface area contributed by atoms with Crippen molar-refractivity contribution in [3.63, 3.8) is 0 Å². The van der Waals surface area contributed by atoms with Crippen LogP contribution in [0.2, 0.25) is 0 Å². The molecule has 1 amide bonds. The Balaban J connectivity index is 1.20. The van der Waals surface area contributed by atoms with Crippen LogP contribution in [0.25, 0.3) is 0 Å². The van der Waals surface area contributed by atoms with Crippen LogP contribution in [0, 0.1) is 5.92 Å². The summed E-state index contributed by atoms with van der Waals surface area (Å²) in [5, 5.41) is 0. The van der Waals surface area contributed by atoms with Crippen LogP contribution in [0.15, 0.2) is 35.6 Å². The minimum absolute atomic E-state index is 0.200. The smallest absolute Gasteiger partial charge is 0.246 e. The topological polar surface area (TPSA) is 96.9 Å². The van der Waals surface area contributed by atoms with Gasteiger partial charge in [-0.3, -0.25) is 9.69 Å². The van der Waals surface area contributed by atoms with Crippen LogP contribution in [-0.2, 0) is 4.79 Å². The lowest BCUT2D eigenvalue weighted by atomic mass is 9.78. The molecular weight excluding hydrogens is 440 g/mol. The molecule has 1 saturated carbocycles. The molecule has 5 rings (SSSR count). The molecule has 1 aromatic heterocycles. The van der Waals surface area contributed by atoms with Crippen LogP contribution in [0.3, 0.4) is 0 Å². The van der Waals surface area contributed by atoms with Gasteiger partial charge in [-0.05, 0) is 56.9 Å². The largest absolute Gasteiger partial charge is 0.463 e. The maximum absolute atomic E-state index is 11.6. The van der Waals surface area contributed by atoms with E-state index in [2.05, 4.69) is 39.1 Å². The van der Waals surface area contributed by atoms with Gasteiger partial charge in [0, 0.05) is 45.2 Å². The molecule has 0 radical (unpaired) electrons. The number of rotatable bonds is 4. The quantitative estimate of drug-likeness (QED) is 0.721. The SMILES string of the molecule is CC(=O)N1CCN(C[C@H]2CC[C@H](c3ccc(C4=Nc5c(N)ncnc5OC4(C)C)cc3)CC2)CC1. The van der Waals surface area contributed by atoms with Gasteiger partial charge in [0.1, 0.15) is 11.9 Å². The number of carbonyl (C=O) groups excluding carboxylic acids is 1. The Kier molecular flexibility index (Phi) is 6.49. The van der Waals surface area contributed by atoms with Gasteiger partial charge in [-0.25, -0.2) is 9.98 Å². The number of nitrogens with zero attached hydrogens (tertiary/aromatic N) is 5. The van der Waals surface area contributed by atoms with Crippen molar-refractivity contribution >= 4 is 23.1 Å². The molecule has 1 aliphatic carbocycles. The van der Waals surface area contributed by atoms with Gasteiger partial charge in [-0.15, -0.1) is 0 Å². The molecule has 3 heterocycles. The Bertz CT molecular complexity index is 1100. The summed E-state index contributed by atoms with van der Waals surface area (Å²) < 4.78 is 6.12. The first-order valence-electron chi connectivity index (χ1n) is 12.8. The minimum Gasteiger partial charge on any atom is -0.463 e. The lowest BCUT2D eigenvalue weighted by molar-refractivity contribution is -0.130. The molecule has 1 saturated heterocycles. The Hall–Kier alpha value is -3.00. The van der Waals surface area contributed by atoms with E-state index in [1.807, 2.05) is 18.7 Å². The summed E-state index contributed by atoms with van der Waals surface area (Å²) in [6.07, 6.45) is 6.40. The fourth-order valence-corrected chi connectivity index (χ4v) is 5.71. The zero-order chi connectivity index (χ0) is 24.6. The maximum atomic E-state index is 11.6. The number of anilines is 1. The molecule has 0 spiro atoms. The minimum atomic E-state index is -0.608. The fourth-order valence-electron chi connectivity index (χ4n) is 5.71. The summed E-state index contributed by atoms with van der Waals surface area (Å²) >= 11 is 0. The first kappa shape index (κ1) is 23.7. The lowest BCUT2D eigenvalue weighted by Crippen LogP contribution is -2.49. The molecule has 1 aromatic carbocycles. The number of benzene rings is 1. The van der Waals surface area contributed by atoms with Crippen molar-refractivity contribution in [3.8, 4) is 5.88 Å². The number of amides is 1. The zero-order valence-corrected chi connectivity index (χ0v) is 21.0. The monoisotopic (exact) mass is 476 g/mol. The fraction of sp³-hybridized carbons (Fsp3) is 0.556. The number of hydrogen-bond acceptors (Lipinski definition) is 7. The summed E-state index contributed by atoms with van der Waals surface area (Å²) in [4.78, 5) is 29.1. The van der Waals surface area contributed by atoms with Crippen LogP contribution in [0.1, 0.15) is 63.5 Å². The first-order valence-corrected chi connectivity index (χ1v) is 12.8. The Morgan fingerprint density at radius 1 is 1.06 bits per heavy atom. The molecule has 35 heavy (non-hydrogen) atoms. The number of nitrogen functional groups attached to an aromatic ring is 1. The maximum Gasteiger partial charge on any atom is 0.246 e. The Morgan fingerprint density at radius 2 is 1.74 bits per heavy atom. The van der Waals surface area contributed by atoms with Crippen molar-refractivity contribution < 1.29 is 9.53 Å². The number of fused-ring (bicyclic) bond motifs is 1. The van der Waals surface area contributed by atoms with E-state index in [0.717, 1.165) is 43.4 Å². The highest BCUT2D eigenvalue weighted by molar-refractivity contribution is 6.09. The normalized spacial score (nSPS) is 24.3. The molecule has 2 aromatic rings. The van der Waals surface area contributed by atoms with Gasteiger partial charge < -0.3 is 15.4 Å². The molecule has 0 atom stereocenters. The van der Waals surface area contributed by atoms with E-state index in [1.165, 1.54) is 44.1 Å². The van der Waals surface area contributed by atoms with Crippen LogP contribution in [0.4, 0.5) is 11.5 Å².